The second-order valence-electron chi connectivity index (χ2n) is 9.03. The van der Waals surface area contributed by atoms with Crippen LogP contribution in [0.2, 0.25) is 0 Å². The maximum absolute atomic E-state index is 15.1. The van der Waals surface area contributed by atoms with Gasteiger partial charge in [0, 0.05) is 54.6 Å². The predicted molar refractivity (Wildman–Crippen MR) is 149 cm³/mol. The van der Waals surface area contributed by atoms with Gasteiger partial charge in [0.15, 0.2) is 23.1 Å². The second-order valence-corrected chi connectivity index (χ2v) is 9.03. The summed E-state index contributed by atoms with van der Waals surface area (Å²) in [5.41, 5.74) is 1.21. The standard InChI is InChI=1S/C30H24F2N4O5/c1-16-26(17-6-5-7-18(31)12-17)28(37)20(15-36(16)2)29(38)34-19-8-9-23(21(32)13-19)41-24-10-11-33-22-14-25(39-3)30(40-4)35-27(22)24/h5-15H,1-4H3,(H,34,38). The van der Waals surface area contributed by atoms with Gasteiger partial charge in [-0.3, -0.25) is 14.6 Å². The number of aryl methyl sites for hydroxylation is 1. The molecule has 3 aromatic heterocycles. The van der Waals surface area contributed by atoms with Crippen molar-refractivity contribution in [2.45, 2.75) is 6.92 Å². The third-order valence-electron chi connectivity index (χ3n) is 6.47. The van der Waals surface area contributed by atoms with Gasteiger partial charge < -0.3 is 24.1 Å². The first-order chi connectivity index (χ1) is 19.7. The summed E-state index contributed by atoms with van der Waals surface area (Å²) in [7, 11) is 4.58. The molecule has 0 aliphatic rings. The Bertz CT molecular complexity index is 1870. The van der Waals surface area contributed by atoms with Crippen LogP contribution >= 0.6 is 0 Å². The van der Waals surface area contributed by atoms with Crippen molar-refractivity contribution in [3.63, 3.8) is 0 Å². The first-order valence-electron chi connectivity index (χ1n) is 12.3. The van der Waals surface area contributed by atoms with E-state index in [-0.39, 0.29) is 34.2 Å². The molecule has 0 bridgehead atoms. The van der Waals surface area contributed by atoms with Crippen LogP contribution in [0.3, 0.4) is 0 Å². The lowest BCUT2D eigenvalue weighted by Crippen LogP contribution is -2.25. The molecule has 0 aliphatic carbocycles. The van der Waals surface area contributed by atoms with E-state index in [9.17, 15) is 14.0 Å². The summed E-state index contributed by atoms with van der Waals surface area (Å²) in [4.78, 5) is 35.0. The lowest BCUT2D eigenvalue weighted by Gasteiger charge is -2.14. The summed E-state index contributed by atoms with van der Waals surface area (Å²) in [6.07, 6.45) is 2.87. The van der Waals surface area contributed by atoms with Crippen LogP contribution in [-0.4, -0.2) is 34.7 Å². The Morgan fingerprint density at radius 1 is 0.976 bits per heavy atom. The van der Waals surface area contributed by atoms with Crippen LogP contribution in [-0.2, 0) is 7.05 Å². The minimum atomic E-state index is -0.773. The molecule has 1 N–H and O–H groups in total. The zero-order valence-electron chi connectivity index (χ0n) is 22.5. The molecule has 3 heterocycles. The van der Waals surface area contributed by atoms with Crippen LogP contribution in [0, 0.1) is 18.6 Å². The Labute approximate surface area is 233 Å². The number of pyridine rings is 3. The van der Waals surface area contributed by atoms with Crippen molar-refractivity contribution in [3.8, 4) is 34.3 Å². The monoisotopic (exact) mass is 558 g/mol. The molecular formula is C30H24F2N4O5. The molecule has 208 valence electrons. The number of nitrogens with zero attached hydrogens (tertiary/aromatic N) is 3. The molecule has 0 spiro atoms. The number of ether oxygens (including phenoxy) is 3. The summed E-state index contributed by atoms with van der Waals surface area (Å²) in [6.45, 7) is 1.70. The molecule has 0 atom stereocenters. The fourth-order valence-electron chi connectivity index (χ4n) is 4.34. The third-order valence-corrected chi connectivity index (χ3v) is 6.47. The number of carbonyl (C=O) groups excluding carboxylic acids is 1. The van der Waals surface area contributed by atoms with Gasteiger partial charge in [0.25, 0.3) is 11.8 Å². The van der Waals surface area contributed by atoms with Gasteiger partial charge in [0.1, 0.15) is 16.9 Å². The average Bonchev–Trinajstić information content (AvgIpc) is 2.95. The largest absolute Gasteiger partial charge is 0.491 e. The molecule has 5 aromatic rings. The lowest BCUT2D eigenvalue weighted by atomic mass is 10.0. The number of anilines is 1. The van der Waals surface area contributed by atoms with Crippen LogP contribution in [0.4, 0.5) is 14.5 Å². The molecule has 2 aromatic carbocycles. The minimum Gasteiger partial charge on any atom is -0.491 e. The van der Waals surface area contributed by atoms with Crippen LogP contribution < -0.4 is 25.0 Å². The van der Waals surface area contributed by atoms with Gasteiger partial charge in [0.05, 0.1) is 19.7 Å². The van der Waals surface area contributed by atoms with Crippen molar-refractivity contribution in [1.82, 2.24) is 14.5 Å². The van der Waals surface area contributed by atoms with Gasteiger partial charge >= 0.3 is 0 Å². The Hall–Kier alpha value is -5.32. The minimum absolute atomic E-state index is 0.0962. The topological polar surface area (TPSA) is 105 Å². The second kappa shape index (κ2) is 11.0. The quantitative estimate of drug-likeness (QED) is 0.276. The van der Waals surface area contributed by atoms with E-state index < -0.39 is 23.0 Å². The first-order valence-corrected chi connectivity index (χ1v) is 12.3. The van der Waals surface area contributed by atoms with Gasteiger partial charge in [-0.1, -0.05) is 12.1 Å². The van der Waals surface area contributed by atoms with Crippen LogP contribution in [0.15, 0.2) is 71.8 Å². The number of carbonyl (C=O) groups is 1. The molecule has 41 heavy (non-hydrogen) atoms. The molecule has 0 fully saturated rings. The fourth-order valence-corrected chi connectivity index (χ4v) is 4.34. The molecule has 1 amide bonds. The molecule has 5 rings (SSSR count). The summed E-state index contributed by atoms with van der Waals surface area (Å²) < 4.78 is 46.9. The van der Waals surface area contributed by atoms with Crippen molar-refractivity contribution in [2.75, 3.05) is 19.5 Å². The van der Waals surface area contributed by atoms with E-state index in [0.29, 0.717) is 28.0 Å². The number of amides is 1. The number of methoxy groups -OCH3 is 2. The lowest BCUT2D eigenvalue weighted by molar-refractivity contribution is 0.102. The van der Waals surface area contributed by atoms with Gasteiger partial charge in [-0.2, -0.15) is 0 Å². The highest BCUT2D eigenvalue weighted by Gasteiger charge is 2.20. The van der Waals surface area contributed by atoms with Crippen molar-refractivity contribution in [1.29, 1.82) is 0 Å². The van der Waals surface area contributed by atoms with Gasteiger partial charge in [-0.15, -0.1) is 0 Å². The maximum Gasteiger partial charge on any atom is 0.261 e. The maximum atomic E-state index is 15.1. The Morgan fingerprint density at radius 3 is 2.49 bits per heavy atom. The SMILES string of the molecule is COc1cc2nccc(Oc3ccc(NC(=O)c4cn(C)c(C)c(-c5cccc(F)c5)c4=O)cc3F)c2nc1OC. The van der Waals surface area contributed by atoms with E-state index >= 15 is 4.39 Å². The van der Waals surface area contributed by atoms with E-state index in [0.717, 1.165) is 6.07 Å². The molecule has 0 saturated carbocycles. The summed E-state index contributed by atoms with van der Waals surface area (Å²) >= 11 is 0. The average molecular weight is 559 g/mol. The molecule has 11 heteroatoms. The summed E-state index contributed by atoms with van der Waals surface area (Å²) in [5, 5.41) is 2.55. The highest BCUT2D eigenvalue weighted by Crippen LogP contribution is 2.35. The number of hydrogen-bond donors (Lipinski definition) is 1. The summed E-state index contributed by atoms with van der Waals surface area (Å²) in [6, 6.07) is 12.6. The van der Waals surface area contributed by atoms with Crippen molar-refractivity contribution in [3.05, 3.63) is 100 Å². The number of aromatic nitrogens is 3. The van der Waals surface area contributed by atoms with E-state index in [2.05, 4.69) is 15.3 Å². The highest BCUT2D eigenvalue weighted by molar-refractivity contribution is 6.04. The third kappa shape index (κ3) is 5.29. The van der Waals surface area contributed by atoms with Gasteiger partial charge in [-0.05, 0) is 36.8 Å². The van der Waals surface area contributed by atoms with Crippen molar-refractivity contribution >= 4 is 22.6 Å². The van der Waals surface area contributed by atoms with Gasteiger partial charge in [-0.25, -0.2) is 13.8 Å². The Balaban J connectivity index is 1.42. The molecule has 0 radical (unpaired) electrons. The fraction of sp³-hybridized carbons (Fsp3) is 0.133. The van der Waals surface area contributed by atoms with Crippen LogP contribution in [0.5, 0.6) is 23.1 Å². The predicted octanol–water partition coefficient (Wildman–Crippen LogP) is 5.64. The zero-order valence-corrected chi connectivity index (χ0v) is 22.5. The number of fused-ring (bicyclic) bond motifs is 1. The van der Waals surface area contributed by atoms with E-state index in [1.165, 1.54) is 63.0 Å². The number of hydrogen-bond acceptors (Lipinski definition) is 7. The number of benzene rings is 2. The normalized spacial score (nSPS) is 10.9. The number of halogens is 2. The molecule has 0 saturated heterocycles. The smallest absolute Gasteiger partial charge is 0.261 e. The number of rotatable bonds is 7. The van der Waals surface area contributed by atoms with Crippen molar-refractivity contribution < 1.29 is 27.8 Å². The summed E-state index contributed by atoms with van der Waals surface area (Å²) in [5.74, 6) is -1.36. The zero-order chi connectivity index (χ0) is 29.3. The van der Waals surface area contributed by atoms with E-state index in [1.807, 2.05) is 0 Å². The molecule has 0 unspecified atom stereocenters. The Kier molecular flexibility index (Phi) is 7.34. The van der Waals surface area contributed by atoms with E-state index in [1.54, 1.807) is 30.7 Å². The molecule has 0 aliphatic heterocycles. The van der Waals surface area contributed by atoms with E-state index in [4.69, 9.17) is 14.2 Å². The Morgan fingerprint density at radius 2 is 1.78 bits per heavy atom. The molecule has 9 nitrogen and oxygen atoms in total. The van der Waals surface area contributed by atoms with Gasteiger partial charge in [0.2, 0.25) is 5.43 Å². The first kappa shape index (κ1) is 27.3. The number of nitrogens with one attached hydrogen (secondary N) is 1. The highest BCUT2D eigenvalue weighted by atomic mass is 19.1. The van der Waals surface area contributed by atoms with Crippen LogP contribution in [0.25, 0.3) is 22.2 Å². The van der Waals surface area contributed by atoms with Crippen LogP contribution in [0.1, 0.15) is 16.1 Å². The van der Waals surface area contributed by atoms with Crippen molar-refractivity contribution in [2.24, 2.45) is 7.05 Å². The molecular weight excluding hydrogens is 534 g/mol.